The number of halogens is 2. The van der Waals surface area contributed by atoms with Crippen molar-refractivity contribution in [2.75, 3.05) is 24.5 Å². The number of hydrogen-bond acceptors (Lipinski definition) is 7. The Kier molecular flexibility index (Phi) is 6.33. The fourth-order valence-electron chi connectivity index (χ4n) is 3.22. The Hall–Kier alpha value is -2.42. The molecule has 0 radical (unpaired) electrons. The first-order chi connectivity index (χ1) is 14.3. The van der Waals surface area contributed by atoms with Crippen molar-refractivity contribution < 1.29 is 9.22 Å². The molecule has 0 spiro atoms. The fraction of sp³-hybridized carbons (Fsp3) is 0.368. The average molecular weight is 441 g/mol. The van der Waals surface area contributed by atoms with E-state index >= 15 is 0 Å². The van der Waals surface area contributed by atoms with Gasteiger partial charge in [0.25, 0.3) is 0 Å². The lowest BCUT2D eigenvalue weighted by molar-refractivity contribution is 0.442. The molecule has 1 aromatic carbocycles. The SMILES string of the molecule is Cl.Cl.[2H]C([2H])([2H])n1cc(-c2ccc(-c3cnc(N4CCNC(CC)C4)nn3)c(O)c2)cn1. The van der Waals surface area contributed by atoms with Crippen molar-refractivity contribution in [2.24, 2.45) is 6.98 Å². The second-order valence-corrected chi connectivity index (χ2v) is 6.55. The van der Waals surface area contributed by atoms with E-state index in [-0.39, 0.29) is 30.6 Å². The van der Waals surface area contributed by atoms with Crippen molar-refractivity contribution in [3.05, 3.63) is 36.8 Å². The minimum absolute atomic E-state index is 0. The zero-order valence-corrected chi connectivity index (χ0v) is 17.4. The number of nitrogens with zero attached hydrogens (tertiary/aromatic N) is 6. The van der Waals surface area contributed by atoms with E-state index in [4.69, 9.17) is 4.11 Å². The Bertz CT molecular complexity index is 1030. The Morgan fingerprint density at radius 3 is 2.76 bits per heavy atom. The van der Waals surface area contributed by atoms with Gasteiger partial charge in [0.15, 0.2) is 0 Å². The first kappa shape index (κ1) is 18.6. The molecule has 29 heavy (non-hydrogen) atoms. The third-order valence-corrected chi connectivity index (χ3v) is 4.77. The summed E-state index contributed by atoms with van der Waals surface area (Å²) in [6, 6.07) is 5.44. The van der Waals surface area contributed by atoms with E-state index in [1.54, 1.807) is 24.4 Å². The second-order valence-electron chi connectivity index (χ2n) is 6.55. The number of nitrogens with one attached hydrogen (secondary N) is 1. The molecule has 1 saturated heterocycles. The van der Waals surface area contributed by atoms with Gasteiger partial charge < -0.3 is 15.3 Å². The van der Waals surface area contributed by atoms with Gasteiger partial charge in [-0.3, -0.25) is 4.68 Å². The number of piperazine rings is 1. The number of phenols is 1. The first-order valence-electron chi connectivity index (χ1n) is 10.4. The molecule has 3 aromatic rings. The third-order valence-electron chi connectivity index (χ3n) is 4.77. The van der Waals surface area contributed by atoms with E-state index in [2.05, 4.69) is 37.4 Å². The highest BCUT2D eigenvalue weighted by molar-refractivity contribution is 5.85. The number of aromatic hydroxyl groups is 1. The largest absolute Gasteiger partial charge is 0.507 e. The molecule has 1 aliphatic heterocycles. The molecule has 1 unspecified atom stereocenters. The van der Waals surface area contributed by atoms with Crippen LogP contribution in [0.4, 0.5) is 5.95 Å². The Morgan fingerprint density at radius 1 is 1.24 bits per heavy atom. The molecular weight excluding hydrogens is 413 g/mol. The lowest BCUT2D eigenvalue weighted by atomic mass is 10.0. The Labute approximate surface area is 186 Å². The topological polar surface area (TPSA) is 92.0 Å². The highest BCUT2D eigenvalue weighted by Crippen LogP contribution is 2.32. The number of aromatic nitrogens is 5. The van der Waals surface area contributed by atoms with E-state index in [1.807, 2.05) is 0 Å². The molecule has 0 saturated carbocycles. The maximum atomic E-state index is 10.5. The number of aryl methyl sites for hydroxylation is 1. The molecule has 1 atom stereocenters. The Balaban J connectivity index is 0.00000181. The smallest absolute Gasteiger partial charge is 0.245 e. The van der Waals surface area contributed by atoms with E-state index in [1.165, 1.54) is 12.4 Å². The molecule has 2 N–H and O–H groups in total. The summed E-state index contributed by atoms with van der Waals surface area (Å²) in [4.78, 5) is 6.54. The molecule has 4 rings (SSSR count). The predicted molar refractivity (Wildman–Crippen MR) is 118 cm³/mol. The highest BCUT2D eigenvalue weighted by Gasteiger charge is 2.20. The minimum Gasteiger partial charge on any atom is -0.507 e. The molecule has 156 valence electrons. The van der Waals surface area contributed by atoms with Gasteiger partial charge in [-0.25, -0.2) is 4.98 Å². The van der Waals surface area contributed by atoms with Crippen LogP contribution in [0.5, 0.6) is 5.75 Å². The van der Waals surface area contributed by atoms with E-state index in [9.17, 15) is 5.11 Å². The standard InChI is InChI=1S/C19H23N7O.2ClH/c1-3-15-12-26(7-6-20-15)19-21-10-17(23-24-19)16-5-4-13(8-18(16)27)14-9-22-25(2)11-14;;/h4-5,8-11,15,20,27H,3,6-7,12H2,1-2H3;2*1H/i2D3;;. The summed E-state index contributed by atoms with van der Waals surface area (Å²) >= 11 is 0. The number of rotatable bonds is 4. The summed E-state index contributed by atoms with van der Waals surface area (Å²) in [5, 5.41) is 26.3. The Morgan fingerprint density at radius 2 is 2.10 bits per heavy atom. The molecule has 8 nitrogen and oxygen atoms in total. The lowest BCUT2D eigenvalue weighted by Crippen LogP contribution is -2.51. The third kappa shape index (κ3) is 4.95. The summed E-state index contributed by atoms with van der Waals surface area (Å²) in [5.74, 6) is 0.582. The summed E-state index contributed by atoms with van der Waals surface area (Å²) in [7, 11) is 0. The van der Waals surface area contributed by atoms with E-state index < -0.39 is 6.98 Å². The van der Waals surface area contributed by atoms with Gasteiger partial charge in [-0.05, 0) is 24.1 Å². The second kappa shape index (κ2) is 9.87. The molecule has 0 aliphatic carbocycles. The van der Waals surface area contributed by atoms with Gasteiger partial charge >= 0.3 is 0 Å². The number of hydrogen-bond donors (Lipinski definition) is 2. The van der Waals surface area contributed by atoms with E-state index in [0.717, 1.165) is 30.7 Å². The minimum atomic E-state index is -2.34. The van der Waals surface area contributed by atoms with Crippen LogP contribution in [-0.2, 0) is 6.98 Å². The molecule has 10 heteroatoms. The van der Waals surface area contributed by atoms with Gasteiger partial charge in [0, 0.05) is 54.1 Å². The predicted octanol–water partition coefficient (Wildman–Crippen LogP) is 2.68. The van der Waals surface area contributed by atoms with Crippen molar-refractivity contribution in [1.29, 1.82) is 0 Å². The van der Waals surface area contributed by atoms with Crippen molar-refractivity contribution in [3.63, 3.8) is 0 Å². The van der Waals surface area contributed by atoms with Crippen LogP contribution in [0, 0.1) is 0 Å². The van der Waals surface area contributed by atoms with Crippen molar-refractivity contribution in [2.45, 2.75) is 19.4 Å². The zero-order chi connectivity index (χ0) is 21.3. The highest BCUT2D eigenvalue weighted by atomic mass is 35.5. The quantitative estimate of drug-likeness (QED) is 0.643. The van der Waals surface area contributed by atoms with Crippen LogP contribution in [0.25, 0.3) is 22.4 Å². The van der Waals surface area contributed by atoms with E-state index in [0.29, 0.717) is 34.4 Å². The van der Waals surface area contributed by atoms with Crippen LogP contribution in [0.15, 0.2) is 36.8 Å². The number of benzene rings is 1. The molecule has 3 heterocycles. The molecule has 1 aliphatic rings. The summed E-state index contributed by atoms with van der Waals surface area (Å²) < 4.78 is 23.1. The first-order valence-corrected chi connectivity index (χ1v) is 8.92. The van der Waals surface area contributed by atoms with Gasteiger partial charge in [-0.1, -0.05) is 13.0 Å². The maximum absolute atomic E-state index is 10.5. The van der Waals surface area contributed by atoms with Crippen molar-refractivity contribution in [3.8, 4) is 28.1 Å². The van der Waals surface area contributed by atoms with Crippen LogP contribution >= 0.6 is 24.8 Å². The molecule has 0 amide bonds. The van der Waals surface area contributed by atoms with Crippen LogP contribution in [0.3, 0.4) is 0 Å². The summed E-state index contributed by atoms with van der Waals surface area (Å²) in [6.45, 7) is 2.34. The normalized spacial score (nSPS) is 18.0. The molecule has 1 fully saturated rings. The molecule has 2 aromatic heterocycles. The van der Waals surface area contributed by atoms with Gasteiger partial charge in [-0.15, -0.1) is 35.0 Å². The summed E-state index contributed by atoms with van der Waals surface area (Å²) in [6.07, 6.45) is 5.52. The lowest BCUT2D eigenvalue weighted by Gasteiger charge is -2.32. The average Bonchev–Trinajstić information content (AvgIpc) is 3.25. The van der Waals surface area contributed by atoms with Gasteiger partial charge in [-0.2, -0.15) is 5.10 Å². The van der Waals surface area contributed by atoms with Crippen molar-refractivity contribution in [1.82, 2.24) is 30.3 Å². The zero-order valence-electron chi connectivity index (χ0n) is 18.8. The van der Waals surface area contributed by atoms with Crippen LogP contribution in [0.1, 0.15) is 17.5 Å². The summed E-state index contributed by atoms with van der Waals surface area (Å²) in [5.41, 5.74) is 2.20. The van der Waals surface area contributed by atoms with Crippen LogP contribution < -0.4 is 10.2 Å². The van der Waals surface area contributed by atoms with Gasteiger partial charge in [0.2, 0.25) is 5.95 Å². The molecule has 0 bridgehead atoms. The van der Waals surface area contributed by atoms with Crippen LogP contribution in [-0.4, -0.2) is 55.7 Å². The number of anilines is 1. The molecular formula is C19H25Cl2N7O. The maximum Gasteiger partial charge on any atom is 0.245 e. The van der Waals surface area contributed by atoms with Crippen molar-refractivity contribution >= 4 is 30.8 Å². The number of phenolic OH excluding ortho intramolecular Hbond substituents is 1. The van der Waals surface area contributed by atoms with Gasteiger partial charge in [0.05, 0.1) is 12.4 Å². The monoisotopic (exact) mass is 440 g/mol. The van der Waals surface area contributed by atoms with Gasteiger partial charge in [0.1, 0.15) is 11.4 Å². The van der Waals surface area contributed by atoms with Crippen LogP contribution in [0.2, 0.25) is 0 Å². The fourth-order valence-corrected chi connectivity index (χ4v) is 3.22.